The standard InChI is InChI=1S/C21H30N2O4/c1-15-9-11-23(12-10-15)18(24)14-27-19(25)13-22-20(26)16-5-7-17(8-6-16)21(2,3)4/h5-8,15H,9-14H2,1-4H3,(H,22,26). The fourth-order valence-corrected chi connectivity index (χ4v) is 2.92. The number of rotatable bonds is 5. The minimum absolute atomic E-state index is 0.0117. The Morgan fingerprint density at radius 1 is 1.11 bits per heavy atom. The second kappa shape index (κ2) is 9.02. The molecule has 0 radical (unpaired) electrons. The molecule has 0 saturated carbocycles. The molecule has 0 unspecified atom stereocenters. The first-order chi connectivity index (χ1) is 12.7. The molecule has 1 aliphatic rings. The maximum absolute atomic E-state index is 12.1. The van der Waals surface area contributed by atoms with Crippen molar-refractivity contribution < 1.29 is 19.1 Å². The van der Waals surface area contributed by atoms with Crippen molar-refractivity contribution in [1.29, 1.82) is 0 Å². The third-order valence-corrected chi connectivity index (χ3v) is 4.90. The van der Waals surface area contributed by atoms with Crippen LogP contribution in [0.5, 0.6) is 0 Å². The summed E-state index contributed by atoms with van der Waals surface area (Å²) in [7, 11) is 0. The zero-order valence-electron chi connectivity index (χ0n) is 16.7. The molecule has 1 heterocycles. The summed E-state index contributed by atoms with van der Waals surface area (Å²) in [5, 5.41) is 2.53. The van der Waals surface area contributed by atoms with E-state index < -0.39 is 5.97 Å². The van der Waals surface area contributed by atoms with Crippen LogP contribution in [-0.2, 0) is 19.7 Å². The van der Waals surface area contributed by atoms with Gasteiger partial charge in [0.1, 0.15) is 6.54 Å². The van der Waals surface area contributed by atoms with Crippen LogP contribution in [0, 0.1) is 5.92 Å². The van der Waals surface area contributed by atoms with Gasteiger partial charge in [0, 0.05) is 18.7 Å². The molecule has 1 aromatic carbocycles. The van der Waals surface area contributed by atoms with E-state index in [2.05, 4.69) is 33.0 Å². The average Bonchev–Trinajstić information content (AvgIpc) is 2.64. The number of benzene rings is 1. The summed E-state index contributed by atoms with van der Waals surface area (Å²) in [6.07, 6.45) is 1.95. The molecule has 0 atom stereocenters. The maximum atomic E-state index is 12.1. The molecule has 27 heavy (non-hydrogen) atoms. The molecule has 0 aliphatic carbocycles. The van der Waals surface area contributed by atoms with Crippen LogP contribution < -0.4 is 5.32 Å². The first-order valence-corrected chi connectivity index (χ1v) is 9.49. The number of amides is 2. The highest BCUT2D eigenvalue weighted by Crippen LogP contribution is 2.22. The van der Waals surface area contributed by atoms with Crippen molar-refractivity contribution >= 4 is 17.8 Å². The van der Waals surface area contributed by atoms with Crippen LogP contribution in [0.25, 0.3) is 0 Å². The maximum Gasteiger partial charge on any atom is 0.325 e. The number of ether oxygens (including phenoxy) is 1. The summed E-state index contributed by atoms with van der Waals surface area (Å²) in [6.45, 7) is 9.35. The summed E-state index contributed by atoms with van der Waals surface area (Å²) in [5.74, 6) is -0.513. The van der Waals surface area contributed by atoms with Crippen LogP contribution in [0.15, 0.2) is 24.3 Å². The third-order valence-electron chi connectivity index (χ3n) is 4.90. The Hall–Kier alpha value is -2.37. The zero-order valence-corrected chi connectivity index (χ0v) is 16.7. The second-order valence-electron chi connectivity index (χ2n) is 8.23. The predicted molar refractivity (Wildman–Crippen MR) is 103 cm³/mol. The van der Waals surface area contributed by atoms with Gasteiger partial charge in [0.2, 0.25) is 0 Å². The van der Waals surface area contributed by atoms with Gasteiger partial charge in [-0.1, -0.05) is 39.8 Å². The molecule has 6 nitrogen and oxygen atoms in total. The third kappa shape index (κ3) is 6.38. The van der Waals surface area contributed by atoms with Crippen molar-refractivity contribution in [3.05, 3.63) is 35.4 Å². The Kier molecular flexibility index (Phi) is 6.99. The van der Waals surface area contributed by atoms with E-state index in [1.54, 1.807) is 17.0 Å². The van der Waals surface area contributed by atoms with Gasteiger partial charge < -0.3 is 15.0 Å². The SMILES string of the molecule is CC1CCN(C(=O)COC(=O)CNC(=O)c2ccc(C(C)(C)C)cc2)CC1. The van der Waals surface area contributed by atoms with Crippen LogP contribution in [0.4, 0.5) is 0 Å². The molecule has 0 spiro atoms. The topological polar surface area (TPSA) is 75.7 Å². The Morgan fingerprint density at radius 3 is 2.26 bits per heavy atom. The molecule has 1 saturated heterocycles. The quantitative estimate of drug-likeness (QED) is 0.804. The highest BCUT2D eigenvalue weighted by atomic mass is 16.5. The Morgan fingerprint density at radius 2 is 1.70 bits per heavy atom. The monoisotopic (exact) mass is 374 g/mol. The van der Waals surface area contributed by atoms with Crippen LogP contribution in [0.2, 0.25) is 0 Å². The molecule has 0 aromatic heterocycles. The van der Waals surface area contributed by atoms with Gasteiger partial charge in [0.05, 0.1) is 0 Å². The molecule has 1 fully saturated rings. The van der Waals surface area contributed by atoms with Crippen molar-refractivity contribution in [3.63, 3.8) is 0 Å². The van der Waals surface area contributed by atoms with Crippen molar-refractivity contribution in [3.8, 4) is 0 Å². The van der Waals surface area contributed by atoms with Crippen molar-refractivity contribution in [2.45, 2.75) is 46.0 Å². The molecule has 148 valence electrons. The number of piperidine rings is 1. The Bertz CT molecular complexity index is 668. The Labute approximate surface area is 161 Å². The summed E-state index contributed by atoms with van der Waals surface area (Å²) in [4.78, 5) is 37.7. The van der Waals surface area contributed by atoms with Gasteiger partial charge in [-0.05, 0) is 41.9 Å². The van der Waals surface area contributed by atoms with E-state index in [0.717, 1.165) is 18.4 Å². The smallest absolute Gasteiger partial charge is 0.325 e. The lowest BCUT2D eigenvalue weighted by Gasteiger charge is -2.30. The highest BCUT2D eigenvalue weighted by molar-refractivity contribution is 5.96. The molecule has 0 bridgehead atoms. The van der Waals surface area contributed by atoms with Crippen LogP contribution in [0.1, 0.15) is 56.5 Å². The van der Waals surface area contributed by atoms with E-state index in [9.17, 15) is 14.4 Å². The predicted octanol–water partition coefficient (Wildman–Crippen LogP) is 2.52. The number of likely N-dealkylation sites (tertiary alicyclic amines) is 1. The van der Waals surface area contributed by atoms with Gasteiger partial charge in [0.15, 0.2) is 6.61 Å². The van der Waals surface area contributed by atoms with Gasteiger partial charge in [-0.3, -0.25) is 14.4 Å². The lowest BCUT2D eigenvalue weighted by Crippen LogP contribution is -2.41. The zero-order chi connectivity index (χ0) is 20.0. The first-order valence-electron chi connectivity index (χ1n) is 9.49. The lowest BCUT2D eigenvalue weighted by atomic mass is 9.87. The van der Waals surface area contributed by atoms with E-state index in [-0.39, 0.29) is 30.4 Å². The molecule has 6 heteroatoms. The molecular formula is C21H30N2O4. The average molecular weight is 374 g/mol. The lowest BCUT2D eigenvalue weighted by molar-refractivity contribution is -0.151. The van der Waals surface area contributed by atoms with Gasteiger partial charge in [-0.2, -0.15) is 0 Å². The van der Waals surface area contributed by atoms with E-state index >= 15 is 0 Å². The van der Waals surface area contributed by atoms with E-state index in [4.69, 9.17) is 4.74 Å². The van der Waals surface area contributed by atoms with Crippen LogP contribution in [0.3, 0.4) is 0 Å². The number of nitrogens with zero attached hydrogens (tertiary/aromatic N) is 1. The molecule has 1 N–H and O–H groups in total. The number of hydrogen-bond donors (Lipinski definition) is 1. The summed E-state index contributed by atoms with van der Waals surface area (Å²) in [6, 6.07) is 7.29. The van der Waals surface area contributed by atoms with Gasteiger partial charge in [-0.25, -0.2) is 0 Å². The molecule has 1 aliphatic heterocycles. The fraction of sp³-hybridized carbons (Fsp3) is 0.571. The molecule has 2 rings (SSSR count). The molecule has 2 amide bonds. The number of carbonyl (C=O) groups excluding carboxylic acids is 3. The number of hydrogen-bond acceptors (Lipinski definition) is 4. The first kappa shape index (κ1) is 20.9. The van der Waals surface area contributed by atoms with Gasteiger partial charge in [0.25, 0.3) is 11.8 Å². The minimum Gasteiger partial charge on any atom is -0.454 e. The largest absolute Gasteiger partial charge is 0.454 e. The fourth-order valence-electron chi connectivity index (χ4n) is 2.92. The summed E-state index contributed by atoms with van der Waals surface area (Å²) in [5.41, 5.74) is 1.62. The Balaban J connectivity index is 1.73. The summed E-state index contributed by atoms with van der Waals surface area (Å²) >= 11 is 0. The van der Waals surface area contributed by atoms with Gasteiger partial charge in [-0.15, -0.1) is 0 Å². The van der Waals surface area contributed by atoms with Gasteiger partial charge >= 0.3 is 5.97 Å². The second-order valence-corrected chi connectivity index (χ2v) is 8.23. The summed E-state index contributed by atoms with van der Waals surface area (Å²) < 4.78 is 4.99. The number of nitrogens with one attached hydrogen (secondary N) is 1. The van der Waals surface area contributed by atoms with Crippen molar-refractivity contribution in [1.82, 2.24) is 10.2 Å². The molecule has 1 aromatic rings. The van der Waals surface area contributed by atoms with Crippen molar-refractivity contribution in [2.75, 3.05) is 26.2 Å². The number of esters is 1. The van der Waals surface area contributed by atoms with Crippen LogP contribution in [-0.4, -0.2) is 48.9 Å². The normalized spacial score (nSPS) is 15.3. The van der Waals surface area contributed by atoms with Crippen molar-refractivity contribution in [2.24, 2.45) is 5.92 Å². The molecular weight excluding hydrogens is 344 g/mol. The highest BCUT2D eigenvalue weighted by Gasteiger charge is 2.21. The number of carbonyl (C=O) groups is 3. The van der Waals surface area contributed by atoms with E-state index in [1.807, 2.05) is 12.1 Å². The van der Waals surface area contributed by atoms with E-state index in [0.29, 0.717) is 24.6 Å². The minimum atomic E-state index is -0.617. The van der Waals surface area contributed by atoms with E-state index in [1.165, 1.54) is 0 Å². The van der Waals surface area contributed by atoms with Crippen LogP contribution >= 0.6 is 0 Å².